The minimum atomic E-state index is -0.741. The Hall–Kier alpha value is -1.89. The van der Waals surface area contributed by atoms with Crippen molar-refractivity contribution in [1.29, 1.82) is 0 Å². The molecule has 1 aliphatic heterocycles. The summed E-state index contributed by atoms with van der Waals surface area (Å²) in [5.41, 5.74) is 6.00. The molecule has 1 aromatic carbocycles. The summed E-state index contributed by atoms with van der Waals surface area (Å²) in [6.07, 6.45) is 0. The van der Waals surface area contributed by atoms with Crippen LogP contribution in [0.1, 0.15) is 6.92 Å². The van der Waals surface area contributed by atoms with Crippen molar-refractivity contribution in [1.82, 2.24) is 0 Å². The topological polar surface area (TPSA) is 81.6 Å². The second-order valence-corrected chi connectivity index (χ2v) is 4.78. The molecule has 0 amide bonds. The largest absolute Gasteiger partial charge is 0.494 e. The number of nitrogens with zero attached hydrogens (tertiary/aromatic N) is 2. The molecule has 0 bridgehead atoms. The Morgan fingerprint density at radius 2 is 2.21 bits per heavy atom. The summed E-state index contributed by atoms with van der Waals surface area (Å²) in [6, 6.07) is 2.21. The lowest BCUT2D eigenvalue weighted by atomic mass is 10.1. The molecular weight excluding hydrogens is 253 g/mol. The van der Waals surface area contributed by atoms with Crippen molar-refractivity contribution in [3.63, 3.8) is 0 Å². The predicted molar refractivity (Wildman–Crippen MR) is 69.0 cm³/mol. The van der Waals surface area contributed by atoms with Gasteiger partial charge in [0.15, 0.2) is 11.6 Å². The molecule has 1 saturated heterocycles. The maximum Gasteiger partial charge on any atom is 0.295 e. The molecule has 7 heteroatoms. The molecule has 1 heterocycles. The van der Waals surface area contributed by atoms with Crippen LogP contribution in [0.25, 0.3) is 0 Å². The van der Waals surface area contributed by atoms with Crippen LogP contribution < -0.4 is 15.4 Å². The van der Waals surface area contributed by atoms with E-state index >= 15 is 0 Å². The van der Waals surface area contributed by atoms with E-state index in [-0.39, 0.29) is 23.4 Å². The van der Waals surface area contributed by atoms with Crippen LogP contribution in [-0.2, 0) is 0 Å². The smallest absolute Gasteiger partial charge is 0.295 e. The number of anilines is 1. The van der Waals surface area contributed by atoms with Gasteiger partial charge in [-0.25, -0.2) is 4.39 Å². The Morgan fingerprint density at radius 1 is 1.53 bits per heavy atom. The highest BCUT2D eigenvalue weighted by Crippen LogP contribution is 2.36. The quantitative estimate of drug-likeness (QED) is 0.664. The van der Waals surface area contributed by atoms with Gasteiger partial charge in [0, 0.05) is 25.2 Å². The maximum atomic E-state index is 13.6. The highest BCUT2D eigenvalue weighted by atomic mass is 19.1. The molecule has 1 fully saturated rings. The lowest BCUT2D eigenvalue weighted by Crippen LogP contribution is -2.28. The second-order valence-electron chi connectivity index (χ2n) is 4.78. The van der Waals surface area contributed by atoms with Gasteiger partial charge in [-0.05, 0) is 5.92 Å². The number of benzene rings is 1. The van der Waals surface area contributed by atoms with Crippen molar-refractivity contribution in [2.24, 2.45) is 11.7 Å². The van der Waals surface area contributed by atoms with Crippen LogP contribution in [0.2, 0.25) is 0 Å². The average molecular weight is 269 g/mol. The number of hydrogen-bond acceptors (Lipinski definition) is 5. The van der Waals surface area contributed by atoms with Crippen molar-refractivity contribution in [2.45, 2.75) is 13.0 Å². The van der Waals surface area contributed by atoms with Crippen LogP contribution in [-0.4, -0.2) is 31.2 Å². The number of nitro groups is 1. The van der Waals surface area contributed by atoms with Crippen molar-refractivity contribution in [3.8, 4) is 5.75 Å². The summed E-state index contributed by atoms with van der Waals surface area (Å²) in [4.78, 5) is 12.2. The van der Waals surface area contributed by atoms with Crippen LogP contribution in [0.15, 0.2) is 12.1 Å². The van der Waals surface area contributed by atoms with Crippen molar-refractivity contribution < 1.29 is 14.1 Å². The number of nitrogens with two attached hydrogens (primary N) is 1. The SMILES string of the molecule is COc1cc(N2CC(C)C(N)C2)c([N+](=O)[O-])cc1F. The highest BCUT2D eigenvalue weighted by Gasteiger charge is 2.31. The van der Waals surface area contributed by atoms with Crippen molar-refractivity contribution >= 4 is 11.4 Å². The highest BCUT2D eigenvalue weighted by molar-refractivity contribution is 5.67. The van der Waals surface area contributed by atoms with Gasteiger partial charge in [-0.3, -0.25) is 10.1 Å². The van der Waals surface area contributed by atoms with Crippen LogP contribution in [0.3, 0.4) is 0 Å². The Bertz CT molecular complexity index is 499. The Morgan fingerprint density at radius 3 is 2.68 bits per heavy atom. The van der Waals surface area contributed by atoms with Gasteiger partial charge in [-0.1, -0.05) is 6.92 Å². The second kappa shape index (κ2) is 5.00. The van der Waals surface area contributed by atoms with Gasteiger partial charge in [0.1, 0.15) is 5.69 Å². The number of halogens is 1. The summed E-state index contributed by atoms with van der Waals surface area (Å²) < 4.78 is 18.4. The zero-order chi connectivity index (χ0) is 14.2. The maximum absolute atomic E-state index is 13.6. The van der Waals surface area contributed by atoms with E-state index in [1.165, 1.54) is 13.2 Å². The molecule has 6 nitrogen and oxygen atoms in total. The van der Waals surface area contributed by atoms with Crippen LogP contribution in [0.5, 0.6) is 5.75 Å². The van der Waals surface area contributed by atoms with Gasteiger partial charge in [0.2, 0.25) is 0 Å². The molecule has 104 valence electrons. The zero-order valence-corrected chi connectivity index (χ0v) is 10.8. The van der Waals surface area contributed by atoms with Gasteiger partial charge < -0.3 is 15.4 Å². The first-order valence-corrected chi connectivity index (χ1v) is 5.96. The lowest BCUT2D eigenvalue weighted by Gasteiger charge is -2.19. The van der Waals surface area contributed by atoms with E-state index in [1.807, 2.05) is 6.92 Å². The van der Waals surface area contributed by atoms with E-state index in [1.54, 1.807) is 4.90 Å². The van der Waals surface area contributed by atoms with E-state index in [0.717, 1.165) is 6.07 Å². The van der Waals surface area contributed by atoms with Crippen LogP contribution >= 0.6 is 0 Å². The predicted octanol–water partition coefficient (Wildman–Crippen LogP) is 1.53. The van der Waals surface area contributed by atoms with Gasteiger partial charge >= 0.3 is 0 Å². The number of hydrogen-bond donors (Lipinski definition) is 1. The molecule has 2 atom stereocenters. The zero-order valence-electron chi connectivity index (χ0n) is 10.8. The summed E-state index contributed by atoms with van der Waals surface area (Å²) in [7, 11) is 1.33. The number of nitro benzene ring substituents is 1. The third-order valence-electron chi connectivity index (χ3n) is 3.46. The van der Waals surface area contributed by atoms with Crippen molar-refractivity contribution in [2.75, 3.05) is 25.1 Å². The van der Waals surface area contributed by atoms with Crippen LogP contribution in [0.4, 0.5) is 15.8 Å². The van der Waals surface area contributed by atoms with E-state index in [4.69, 9.17) is 10.5 Å². The molecule has 2 rings (SSSR count). The Balaban J connectivity index is 2.45. The molecule has 1 aromatic rings. The monoisotopic (exact) mass is 269 g/mol. The molecular formula is C12H16FN3O3. The fourth-order valence-corrected chi connectivity index (χ4v) is 2.28. The van der Waals surface area contributed by atoms with Gasteiger partial charge in [-0.2, -0.15) is 0 Å². The first kappa shape index (κ1) is 13.5. The molecule has 0 radical (unpaired) electrons. The average Bonchev–Trinajstić information content (AvgIpc) is 2.69. The van der Waals surface area contributed by atoms with E-state index < -0.39 is 10.7 Å². The minimum Gasteiger partial charge on any atom is -0.494 e. The number of ether oxygens (including phenoxy) is 1. The molecule has 0 saturated carbocycles. The minimum absolute atomic E-state index is 0.00581. The normalized spacial score (nSPS) is 22.6. The first-order chi connectivity index (χ1) is 8.93. The standard InChI is InChI=1S/C12H16FN3O3/c1-7-5-15(6-9(7)14)10-4-12(19-2)8(13)3-11(10)16(17)18/h3-4,7,9H,5-6,14H2,1-2H3. The Labute approximate surface area is 110 Å². The Kier molecular flexibility index (Phi) is 3.57. The fraction of sp³-hybridized carbons (Fsp3) is 0.500. The first-order valence-electron chi connectivity index (χ1n) is 5.96. The summed E-state index contributed by atoms with van der Waals surface area (Å²) in [5, 5.41) is 11.0. The summed E-state index contributed by atoms with van der Waals surface area (Å²) >= 11 is 0. The summed E-state index contributed by atoms with van der Waals surface area (Å²) in [6.45, 7) is 3.10. The van der Waals surface area contributed by atoms with E-state index in [9.17, 15) is 14.5 Å². The lowest BCUT2D eigenvalue weighted by molar-refractivity contribution is -0.384. The molecule has 1 aliphatic rings. The molecule has 19 heavy (non-hydrogen) atoms. The van der Waals surface area contributed by atoms with Gasteiger partial charge in [0.05, 0.1) is 18.1 Å². The van der Waals surface area contributed by atoms with Crippen LogP contribution in [0, 0.1) is 21.8 Å². The molecule has 0 aliphatic carbocycles. The van der Waals surface area contributed by atoms with Gasteiger partial charge in [0.25, 0.3) is 5.69 Å². The summed E-state index contributed by atoms with van der Waals surface area (Å²) in [5.74, 6) is -0.515. The van der Waals surface area contributed by atoms with E-state index in [2.05, 4.69) is 0 Å². The van der Waals surface area contributed by atoms with E-state index in [0.29, 0.717) is 18.8 Å². The number of rotatable bonds is 3. The molecule has 0 aromatic heterocycles. The fourth-order valence-electron chi connectivity index (χ4n) is 2.28. The third kappa shape index (κ3) is 2.46. The number of methoxy groups -OCH3 is 1. The molecule has 2 N–H and O–H groups in total. The molecule has 0 spiro atoms. The third-order valence-corrected chi connectivity index (χ3v) is 3.46. The molecule has 2 unspecified atom stereocenters. The van der Waals surface area contributed by atoms with Crippen molar-refractivity contribution in [3.05, 3.63) is 28.1 Å². The van der Waals surface area contributed by atoms with Gasteiger partial charge in [-0.15, -0.1) is 0 Å².